The molecule has 0 unspecified atom stereocenters. The Labute approximate surface area is 715 Å². The quantitative estimate of drug-likeness (QED) is 0.0111. The number of nitrogens with one attached hydrogen (secondary N) is 7. The summed E-state index contributed by atoms with van der Waals surface area (Å²) in [4.78, 5) is 195. The molecule has 2 saturated heterocycles. The van der Waals surface area contributed by atoms with Crippen molar-refractivity contribution in [2.24, 2.45) is 50.3 Å². The number of amides is 8. The number of unbranched alkanes of at least 4 members (excludes halogenated alkanes) is 1. The molecular weight excluding hydrogens is 1700 g/mol. The van der Waals surface area contributed by atoms with Gasteiger partial charge in [-0.05, 0) is 83.1 Å². The maximum atomic E-state index is 15.0. The monoisotopic (exact) mass is 1820 g/mol. The summed E-state index contributed by atoms with van der Waals surface area (Å²) >= 11 is -0.953. The van der Waals surface area contributed by atoms with Gasteiger partial charge in [-0.3, -0.25) is 72.1 Å². The van der Waals surface area contributed by atoms with Gasteiger partial charge >= 0.3 is 30.6 Å². The summed E-state index contributed by atoms with van der Waals surface area (Å²) in [5.74, 6) is -12.9. The molecule has 2 aliphatic heterocycles. The Morgan fingerprint density at radius 3 is 1.77 bits per heavy atom. The van der Waals surface area contributed by atoms with E-state index in [9.17, 15) is 82.6 Å². The Kier molecular flexibility index (Phi) is 56.0. The van der Waals surface area contributed by atoms with E-state index >= 15 is 0 Å². The molecule has 3 rings (SSSR count). The number of primary amides is 1. The molecule has 8 amide bonds. The molecule has 2 fully saturated rings. The van der Waals surface area contributed by atoms with Crippen LogP contribution >= 0.6 is 33.3 Å². The number of hydrogen-bond donors (Lipinski definition) is 13. The first-order valence-electron chi connectivity index (χ1n) is 39.7. The average Bonchev–Trinajstić information content (AvgIpc) is 1.49. The van der Waals surface area contributed by atoms with Gasteiger partial charge in [0.05, 0.1) is 69.4 Å². The molecule has 0 aliphatic carbocycles. The predicted octanol–water partition coefficient (Wildman–Crippen LogP) is 3.20. The minimum absolute atomic E-state index is 0.0000246. The molecule has 2 bridgehead atoms. The molecule has 0 radical (unpaired) electrons. The SMILES string of the molecule is CC(=NO)C(C)(C)[N-]CCC(CCCC(=O)CCCC(=O)NCCCC[C@@H]1NC(=O)CSC[C@@H](C(=O)CCCOCCOCCOCCNC(=O)COCC(N)=O)NC(=O)[C@H](CCCN=C(N)N)CC(=O)[C@@H]2CSSC[C@H](NC1=O)C(=O)CCC(=O)N[C@@H](CC(=O)O)C(=O)C[C@@H](Cc1ccccc1)C(=O)N2)CC[N-]C(C)(C)C(C)=NO.[O]=[Tc+2]=[O]. The number of guanidine groups is 1. The number of aliphatic carboxylic acids is 1. The number of nitrogens with zero attached hydrogens (tertiary/aromatic N) is 5. The Morgan fingerprint density at radius 2 is 1.16 bits per heavy atom. The van der Waals surface area contributed by atoms with Gasteiger partial charge in [-0.15, -0.1) is 35.2 Å². The second-order valence-corrected chi connectivity index (χ2v) is 33.4. The number of benzene rings is 1. The van der Waals surface area contributed by atoms with Crippen molar-refractivity contribution in [2.45, 2.75) is 218 Å². The van der Waals surface area contributed by atoms with Crippen LogP contribution in [0.15, 0.2) is 45.6 Å². The zero-order valence-corrected chi connectivity index (χ0v) is 73.3. The fourth-order valence-electron chi connectivity index (χ4n) is 11.9. The van der Waals surface area contributed by atoms with Gasteiger partial charge in [0.2, 0.25) is 47.3 Å². The van der Waals surface area contributed by atoms with Gasteiger partial charge in [-0.2, -0.15) is 0 Å². The van der Waals surface area contributed by atoms with Gasteiger partial charge in [0.15, 0.2) is 29.1 Å². The summed E-state index contributed by atoms with van der Waals surface area (Å²) in [6.45, 7) is 12.4. The van der Waals surface area contributed by atoms with Gasteiger partial charge in [0.1, 0.15) is 25.0 Å². The number of carboxylic acid groups (broad SMARTS) is 1. The van der Waals surface area contributed by atoms with Crippen LogP contribution in [0.1, 0.15) is 176 Å². The van der Waals surface area contributed by atoms with E-state index < -0.39 is 173 Å². The van der Waals surface area contributed by atoms with Crippen molar-refractivity contribution >= 4 is 133 Å². The Balaban J connectivity index is 0.0000157. The van der Waals surface area contributed by atoms with Crippen LogP contribution < -0.4 is 54.4 Å². The summed E-state index contributed by atoms with van der Waals surface area (Å²) in [5.41, 5.74) is 16.5. The van der Waals surface area contributed by atoms with E-state index in [-0.39, 0.29) is 177 Å². The molecule has 2 aliphatic rings. The molecular formula is C77H123N15O23S3Tc. The maximum absolute atomic E-state index is 15.0. The fraction of sp³-hybridized carbons (Fsp3) is 0.701. The number of carbonyl (C=O) groups is 14. The van der Waals surface area contributed by atoms with Gasteiger partial charge in [0, 0.05) is 118 Å². The molecule has 119 heavy (non-hydrogen) atoms. The molecule has 16 N–H and O–H groups in total. The van der Waals surface area contributed by atoms with Crippen LogP contribution in [-0.2, 0) is 117 Å². The number of fused-ring (bicyclic) bond motifs is 5. The number of thioether (sulfide) groups is 1. The van der Waals surface area contributed by atoms with Crippen LogP contribution in [0.5, 0.6) is 0 Å². The van der Waals surface area contributed by atoms with E-state index in [2.05, 4.69) is 52.5 Å². The van der Waals surface area contributed by atoms with E-state index in [0.29, 0.717) is 68.6 Å². The van der Waals surface area contributed by atoms with Gasteiger partial charge < -0.3 is 99.5 Å². The average molecular weight is 1820 g/mol. The van der Waals surface area contributed by atoms with Gasteiger partial charge in [-0.25, -0.2) is 0 Å². The number of carbonyl (C=O) groups excluding carboxylic acids is 13. The fourth-order valence-corrected chi connectivity index (χ4v) is 15.2. The number of carboxylic acids is 1. The van der Waals surface area contributed by atoms with E-state index in [0.717, 1.165) is 39.8 Å². The number of ketones is 5. The number of Topliss-reactive ketones (excluding diaryl/α,β-unsaturated/α-hetero) is 5. The summed E-state index contributed by atoms with van der Waals surface area (Å²) in [6, 6.07) is 1.55. The number of oxime groups is 2. The van der Waals surface area contributed by atoms with Crippen molar-refractivity contribution in [2.75, 3.05) is 109 Å². The Morgan fingerprint density at radius 1 is 0.588 bits per heavy atom. The number of ether oxygens (including phenoxy) is 4. The summed E-state index contributed by atoms with van der Waals surface area (Å²) in [7, 11) is 2.06. The third-order valence-corrected chi connectivity index (χ3v) is 22.8. The van der Waals surface area contributed by atoms with Crippen LogP contribution in [0.2, 0.25) is 0 Å². The minimum atomic E-state index is -1.91. The van der Waals surface area contributed by atoms with Gasteiger partial charge in [0.25, 0.3) is 0 Å². The first kappa shape index (κ1) is 107. The van der Waals surface area contributed by atoms with Crippen molar-refractivity contribution in [3.05, 3.63) is 46.5 Å². The molecule has 1 aromatic rings. The van der Waals surface area contributed by atoms with Gasteiger partial charge in [-0.1, -0.05) is 110 Å². The molecule has 0 saturated carbocycles. The third-order valence-electron chi connectivity index (χ3n) is 19.3. The molecule has 42 heteroatoms. The molecule has 1 aromatic carbocycles. The number of hydrogen-bond acceptors (Lipinski definition) is 28. The van der Waals surface area contributed by atoms with Crippen molar-refractivity contribution in [1.82, 2.24) is 37.2 Å². The van der Waals surface area contributed by atoms with Crippen molar-refractivity contribution < 1.29 is 126 Å². The molecule has 0 spiro atoms. The third kappa shape index (κ3) is 49.6. The zero-order valence-electron chi connectivity index (χ0n) is 69.0. The van der Waals surface area contributed by atoms with Crippen LogP contribution in [0.4, 0.5) is 0 Å². The Bertz CT molecular complexity index is 3480. The van der Waals surface area contributed by atoms with Crippen molar-refractivity contribution in [3.8, 4) is 0 Å². The van der Waals surface area contributed by atoms with E-state index in [1.165, 1.54) is 0 Å². The summed E-state index contributed by atoms with van der Waals surface area (Å²) < 4.78 is 38.6. The first-order chi connectivity index (χ1) is 56.6. The first-order valence-corrected chi connectivity index (χ1v) is 44.8. The standard InChI is InChI=1S/C77H123N15O21S3.2O.Tc/c1-50(91-108)76(3,4)84-31-27-52(28-32-85-77(5,6)51(2)92-109)18-12-20-56(93)21-13-24-67(99)81-29-11-10-22-57-74(107)90-60-47-115-116-48-61(89-73(106)55(40-53-16-8-7-9-17-53)42-64(96)58(43-71(103)104)87-68(100)26-25-63(60)95)65(97)41-54(19-14-30-83-75(79)80)72(105)88-59(46-114-49-70(102)86-57)62(94)23-15-34-110-36-38-112-39-37-111-35-33-82-69(101)45-113-44-66(78)98;;;/h7-9,16-17,52,54-55,57-61,108-109H,10-15,18-49H2,1-6H3,(H2,78,98)(H,81,99)(H,82,101)(H,86,102)(H,87,100)(H,88,105)(H,89,106)(H,90,107)(H,103,104)(H4,79,80,83);;;/q-2;;;+2/t52?,54-,55-,57+,58+,59+,60+,61+;;;/m1.../s1. The van der Waals surface area contributed by atoms with Crippen LogP contribution in [-0.4, -0.2) is 265 Å². The number of nitrogens with two attached hydrogens (primary N) is 3. The number of rotatable bonds is 49. The normalized spacial score (nSPS) is 19.7. The summed E-state index contributed by atoms with van der Waals surface area (Å²) in [5, 5.41) is 63.8. The van der Waals surface area contributed by atoms with Crippen molar-refractivity contribution in [1.29, 1.82) is 0 Å². The van der Waals surface area contributed by atoms with E-state index in [1.54, 1.807) is 44.2 Å². The molecule has 0 aromatic heterocycles. The topological polar surface area (TPSA) is 598 Å². The summed E-state index contributed by atoms with van der Waals surface area (Å²) in [6.07, 6.45) is 1.11. The van der Waals surface area contributed by atoms with Crippen LogP contribution in [0.3, 0.4) is 0 Å². The predicted molar refractivity (Wildman–Crippen MR) is 442 cm³/mol. The molecule has 669 valence electrons. The molecule has 38 nitrogen and oxygen atoms in total. The number of aliphatic imine (C=N–C) groups is 1. The van der Waals surface area contributed by atoms with Crippen LogP contribution in [0.25, 0.3) is 10.6 Å². The van der Waals surface area contributed by atoms with E-state index in [4.69, 9.17) is 53.8 Å². The van der Waals surface area contributed by atoms with E-state index in [1.807, 2.05) is 27.7 Å². The second-order valence-electron chi connectivity index (χ2n) is 29.6. The Hall–Kier alpha value is -7.93. The van der Waals surface area contributed by atoms with Crippen molar-refractivity contribution in [3.63, 3.8) is 0 Å². The molecule has 2 heterocycles. The van der Waals surface area contributed by atoms with Crippen LogP contribution in [0, 0.1) is 17.8 Å². The zero-order chi connectivity index (χ0) is 88.6. The molecule has 7 atom stereocenters. The second kappa shape index (κ2) is 62.2.